The number of carbonyl (C=O) groups excluding carboxylic acids is 2. The van der Waals surface area contributed by atoms with Crippen LogP contribution in [0.2, 0.25) is 0 Å². The second-order valence-electron chi connectivity index (χ2n) is 7.61. The van der Waals surface area contributed by atoms with E-state index in [1.54, 1.807) is 18.3 Å². The Bertz CT molecular complexity index is 936. The maximum absolute atomic E-state index is 12.8. The van der Waals surface area contributed by atoms with Crippen molar-refractivity contribution in [2.24, 2.45) is 4.99 Å². The Labute approximate surface area is 196 Å². The first-order valence-electron chi connectivity index (χ1n) is 10.8. The Balaban J connectivity index is 1.46. The van der Waals surface area contributed by atoms with E-state index in [9.17, 15) is 9.59 Å². The van der Waals surface area contributed by atoms with Crippen LogP contribution in [0.3, 0.4) is 0 Å². The maximum atomic E-state index is 12.8. The van der Waals surface area contributed by atoms with Crippen molar-refractivity contribution >= 4 is 40.1 Å². The van der Waals surface area contributed by atoms with Crippen LogP contribution in [0.5, 0.6) is 0 Å². The molecule has 1 atom stereocenters. The molecule has 1 aromatic rings. The van der Waals surface area contributed by atoms with Gasteiger partial charge in [-0.05, 0) is 30.7 Å². The van der Waals surface area contributed by atoms with Gasteiger partial charge in [-0.3, -0.25) is 9.69 Å². The topological polar surface area (TPSA) is 83.5 Å². The van der Waals surface area contributed by atoms with Crippen molar-refractivity contribution in [2.75, 3.05) is 46.0 Å². The van der Waals surface area contributed by atoms with E-state index in [0.29, 0.717) is 24.4 Å². The van der Waals surface area contributed by atoms with Crippen molar-refractivity contribution in [1.29, 1.82) is 0 Å². The van der Waals surface area contributed by atoms with Crippen LogP contribution in [0, 0.1) is 0 Å². The number of nitrogens with zero attached hydrogens (tertiary/aromatic N) is 3. The Kier molecular flexibility index (Phi) is 7.67. The highest BCUT2D eigenvalue weighted by Gasteiger charge is 2.41. The highest BCUT2D eigenvalue weighted by atomic mass is 32.2. The molecule has 0 aromatic carbocycles. The number of fused-ring (bicyclic) bond motifs is 1. The number of hydrogen-bond acceptors (Lipinski definition) is 9. The number of rotatable bonds is 8. The SMILES string of the molecule is CCOC(=O)C1=C(C)N=C2SC=C(CC(=O)NCCN3CCOCC3)N2[C@@H]1c1cccs1. The summed E-state index contributed by atoms with van der Waals surface area (Å²) in [5.41, 5.74) is 2.02. The minimum absolute atomic E-state index is 0.0414. The minimum Gasteiger partial charge on any atom is -0.463 e. The van der Waals surface area contributed by atoms with Crippen molar-refractivity contribution in [3.8, 4) is 0 Å². The Hall–Kier alpha value is -2.14. The molecule has 1 N–H and O–H groups in total. The quantitative estimate of drug-likeness (QED) is 0.578. The van der Waals surface area contributed by atoms with Gasteiger partial charge in [-0.25, -0.2) is 9.79 Å². The first-order chi connectivity index (χ1) is 15.6. The fraction of sp³-hybridized carbons (Fsp3) is 0.500. The molecule has 8 nitrogen and oxygen atoms in total. The number of esters is 1. The molecule has 172 valence electrons. The zero-order valence-electron chi connectivity index (χ0n) is 18.3. The zero-order valence-corrected chi connectivity index (χ0v) is 20.0. The van der Waals surface area contributed by atoms with Crippen LogP contribution < -0.4 is 5.32 Å². The van der Waals surface area contributed by atoms with Crippen LogP contribution in [-0.2, 0) is 19.1 Å². The van der Waals surface area contributed by atoms with E-state index in [0.717, 1.165) is 48.6 Å². The fourth-order valence-electron chi connectivity index (χ4n) is 3.96. The molecular weight excluding hydrogens is 448 g/mol. The lowest BCUT2D eigenvalue weighted by molar-refractivity contribution is -0.139. The number of morpholine rings is 1. The monoisotopic (exact) mass is 476 g/mol. The Morgan fingerprint density at radius 3 is 2.88 bits per heavy atom. The van der Waals surface area contributed by atoms with Gasteiger partial charge in [0.1, 0.15) is 6.04 Å². The van der Waals surface area contributed by atoms with E-state index in [1.807, 2.05) is 34.7 Å². The normalized spacial score (nSPS) is 21.2. The lowest BCUT2D eigenvalue weighted by Gasteiger charge is -2.35. The first-order valence-corrected chi connectivity index (χ1v) is 12.6. The van der Waals surface area contributed by atoms with E-state index in [-0.39, 0.29) is 24.3 Å². The third-order valence-electron chi connectivity index (χ3n) is 5.50. The number of amidine groups is 1. The molecule has 10 heteroatoms. The van der Waals surface area contributed by atoms with E-state index in [4.69, 9.17) is 9.47 Å². The number of amides is 1. The molecule has 3 aliphatic heterocycles. The molecule has 3 aliphatic rings. The zero-order chi connectivity index (χ0) is 22.5. The number of hydrogen-bond donors (Lipinski definition) is 1. The van der Waals surface area contributed by atoms with Gasteiger partial charge in [0.15, 0.2) is 5.17 Å². The van der Waals surface area contributed by atoms with E-state index in [2.05, 4.69) is 15.2 Å². The molecular formula is C22H28N4O4S2. The minimum atomic E-state index is -0.364. The molecule has 0 spiro atoms. The van der Waals surface area contributed by atoms with E-state index < -0.39 is 0 Å². The molecule has 4 rings (SSSR count). The highest BCUT2D eigenvalue weighted by molar-refractivity contribution is 8.16. The molecule has 1 aromatic heterocycles. The van der Waals surface area contributed by atoms with Crippen molar-refractivity contribution in [3.63, 3.8) is 0 Å². The third kappa shape index (κ3) is 5.09. The molecule has 0 bridgehead atoms. The van der Waals surface area contributed by atoms with Crippen molar-refractivity contribution in [2.45, 2.75) is 26.3 Å². The Morgan fingerprint density at radius 1 is 1.34 bits per heavy atom. The summed E-state index contributed by atoms with van der Waals surface area (Å²) in [4.78, 5) is 35.5. The van der Waals surface area contributed by atoms with Gasteiger partial charge in [-0.2, -0.15) is 0 Å². The van der Waals surface area contributed by atoms with Crippen molar-refractivity contribution in [3.05, 3.63) is 44.8 Å². The van der Waals surface area contributed by atoms with Gasteiger partial charge in [0.25, 0.3) is 0 Å². The summed E-state index contributed by atoms with van der Waals surface area (Å²) >= 11 is 3.06. The average molecular weight is 477 g/mol. The highest BCUT2D eigenvalue weighted by Crippen LogP contribution is 2.45. The fourth-order valence-corrected chi connectivity index (χ4v) is 5.75. The van der Waals surface area contributed by atoms with Gasteiger partial charge in [0.05, 0.1) is 37.5 Å². The summed E-state index contributed by atoms with van der Waals surface area (Å²) in [6.45, 7) is 8.63. The Morgan fingerprint density at radius 2 is 2.16 bits per heavy atom. The predicted octanol–water partition coefficient (Wildman–Crippen LogP) is 2.72. The van der Waals surface area contributed by atoms with Crippen LogP contribution in [-0.4, -0.2) is 72.8 Å². The summed E-state index contributed by atoms with van der Waals surface area (Å²) in [6, 6.07) is 3.63. The summed E-state index contributed by atoms with van der Waals surface area (Å²) in [7, 11) is 0. The largest absolute Gasteiger partial charge is 0.463 e. The van der Waals surface area contributed by atoms with Crippen molar-refractivity contribution < 1.29 is 19.1 Å². The number of allylic oxidation sites excluding steroid dienone is 1. The molecule has 0 saturated carbocycles. The summed E-state index contributed by atoms with van der Waals surface area (Å²) < 4.78 is 10.7. The van der Waals surface area contributed by atoms with Gasteiger partial charge >= 0.3 is 5.97 Å². The van der Waals surface area contributed by atoms with Gasteiger partial charge < -0.3 is 19.7 Å². The van der Waals surface area contributed by atoms with Crippen LogP contribution in [0.1, 0.15) is 31.2 Å². The average Bonchev–Trinajstić information content (AvgIpc) is 3.44. The van der Waals surface area contributed by atoms with Gasteiger partial charge in [-0.15, -0.1) is 11.3 Å². The maximum Gasteiger partial charge on any atom is 0.338 e. The number of carbonyl (C=O) groups is 2. The standard InChI is InChI=1S/C22H28N4O4S2/c1-3-30-21(28)19-15(2)24-22-26(20(19)17-5-4-12-31-17)16(14-32-22)13-18(27)23-6-7-25-8-10-29-11-9-25/h4-5,12,14,20H,3,6-11,13H2,1-2H3,(H,23,27)/t20-/m1/s1. The van der Waals surface area contributed by atoms with Crippen molar-refractivity contribution in [1.82, 2.24) is 15.1 Å². The second-order valence-corrected chi connectivity index (χ2v) is 9.43. The second kappa shape index (κ2) is 10.7. The number of ether oxygens (including phenoxy) is 2. The van der Waals surface area contributed by atoms with Gasteiger partial charge in [0.2, 0.25) is 5.91 Å². The van der Waals surface area contributed by atoms with Crippen LogP contribution in [0.15, 0.2) is 44.9 Å². The summed E-state index contributed by atoms with van der Waals surface area (Å²) in [6.07, 6.45) is 0.228. The van der Waals surface area contributed by atoms with E-state index >= 15 is 0 Å². The molecule has 0 radical (unpaired) electrons. The van der Waals surface area contributed by atoms with Gasteiger partial charge in [0, 0.05) is 36.8 Å². The lowest BCUT2D eigenvalue weighted by Crippen LogP contribution is -2.42. The molecule has 1 fully saturated rings. The summed E-state index contributed by atoms with van der Waals surface area (Å²) in [5.74, 6) is -0.405. The van der Waals surface area contributed by atoms with E-state index in [1.165, 1.54) is 11.8 Å². The van der Waals surface area contributed by atoms with Crippen LogP contribution in [0.25, 0.3) is 0 Å². The molecule has 32 heavy (non-hydrogen) atoms. The van der Waals surface area contributed by atoms with Crippen LogP contribution >= 0.6 is 23.1 Å². The smallest absolute Gasteiger partial charge is 0.338 e. The number of aliphatic imine (C=N–C) groups is 1. The predicted molar refractivity (Wildman–Crippen MR) is 126 cm³/mol. The lowest BCUT2D eigenvalue weighted by atomic mass is 9.99. The molecule has 0 aliphatic carbocycles. The summed E-state index contributed by atoms with van der Waals surface area (Å²) in [5, 5.41) is 7.76. The first kappa shape index (κ1) is 23.0. The van der Waals surface area contributed by atoms with Gasteiger partial charge in [-0.1, -0.05) is 17.8 Å². The molecule has 0 unspecified atom stereocenters. The number of thioether (sulfide) groups is 1. The number of thiophene rings is 1. The third-order valence-corrected chi connectivity index (χ3v) is 7.32. The molecule has 4 heterocycles. The molecule has 1 amide bonds. The number of nitrogens with one attached hydrogen (secondary N) is 1. The van der Waals surface area contributed by atoms with Crippen LogP contribution in [0.4, 0.5) is 0 Å². The molecule has 1 saturated heterocycles.